The normalized spacial score (nSPS) is 10.2. The molecule has 7 heteroatoms. The van der Waals surface area contributed by atoms with Crippen LogP contribution < -0.4 is 5.73 Å². The third-order valence-corrected chi connectivity index (χ3v) is 3.38. The van der Waals surface area contributed by atoms with Crippen molar-refractivity contribution >= 4 is 40.8 Å². The van der Waals surface area contributed by atoms with Crippen molar-refractivity contribution in [2.45, 2.75) is 13.8 Å². The molecule has 0 aliphatic heterocycles. The Kier molecular flexibility index (Phi) is 6.10. The summed E-state index contributed by atoms with van der Waals surface area (Å²) in [6, 6.07) is 2.90. The number of carbonyl (C=O) groups is 2. The number of halogens is 2. The van der Waals surface area contributed by atoms with E-state index in [-0.39, 0.29) is 28.8 Å². The lowest BCUT2D eigenvalue weighted by molar-refractivity contribution is -0.143. The van der Waals surface area contributed by atoms with Crippen molar-refractivity contribution in [3.05, 3.63) is 27.7 Å². The van der Waals surface area contributed by atoms with Gasteiger partial charge in [-0.2, -0.15) is 0 Å². The summed E-state index contributed by atoms with van der Waals surface area (Å²) in [6.45, 7) is 3.89. The molecule has 1 rings (SSSR count). The molecule has 20 heavy (non-hydrogen) atoms. The number of carbonyl (C=O) groups excluding carboxylic acids is 2. The third-order valence-electron chi connectivity index (χ3n) is 2.58. The van der Waals surface area contributed by atoms with Crippen LogP contribution in [0.2, 0.25) is 10.0 Å². The van der Waals surface area contributed by atoms with E-state index in [0.717, 1.165) is 0 Å². The van der Waals surface area contributed by atoms with Gasteiger partial charge in [-0.05, 0) is 26.0 Å². The topological polar surface area (TPSA) is 72.6 Å². The fourth-order valence-corrected chi connectivity index (χ4v) is 2.04. The number of anilines is 1. The van der Waals surface area contributed by atoms with E-state index in [1.54, 1.807) is 13.8 Å². The van der Waals surface area contributed by atoms with E-state index in [0.29, 0.717) is 12.2 Å². The number of nitrogens with zero attached hydrogens (tertiary/aromatic N) is 1. The first-order valence-corrected chi connectivity index (χ1v) is 6.85. The molecule has 0 atom stereocenters. The molecule has 0 aromatic heterocycles. The van der Waals surface area contributed by atoms with Gasteiger partial charge in [0.05, 0.1) is 22.2 Å². The van der Waals surface area contributed by atoms with Crippen LogP contribution in [0.1, 0.15) is 24.2 Å². The van der Waals surface area contributed by atoms with Gasteiger partial charge in [0.2, 0.25) is 0 Å². The van der Waals surface area contributed by atoms with Crippen LogP contribution >= 0.6 is 23.2 Å². The van der Waals surface area contributed by atoms with Gasteiger partial charge in [0.1, 0.15) is 6.54 Å². The quantitative estimate of drug-likeness (QED) is 0.669. The lowest BCUT2D eigenvalue weighted by atomic mass is 10.1. The zero-order valence-corrected chi connectivity index (χ0v) is 12.8. The number of ether oxygens (including phenoxy) is 1. The van der Waals surface area contributed by atoms with E-state index < -0.39 is 11.9 Å². The summed E-state index contributed by atoms with van der Waals surface area (Å²) in [4.78, 5) is 25.1. The second kappa shape index (κ2) is 7.36. The van der Waals surface area contributed by atoms with Gasteiger partial charge in [-0.3, -0.25) is 9.59 Å². The van der Waals surface area contributed by atoms with Crippen LogP contribution in [0.4, 0.5) is 5.69 Å². The lowest BCUT2D eigenvalue weighted by Crippen LogP contribution is -2.36. The summed E-state index contributed by atoms with van der Waals surface area (Å²) >= 11 is 11.9. The van der Waals surface area contributed by atoms with E-state index in [1.807, 2.05) is 0 Å². The summed E-state index contributed by atoms with van der Waals surface area (Å²) in [5.41, 5.74) is 6.15. The number of nitrogens with two attached hydrogens (primary N) is 1. The zero-order chi connectivity index (χ0) is 15.3. The van der Waals surface area contributed by atoms with Crippen LogP contribution in [0.5, 0.6) is 0 Å². The molecule has 0 fully saturated rings. The highest BCUT2D eigenvalue weighted by Gasteiger charge is 2.21. The fourth-order valence-electron chi connectivity index (χ4n) is 1.63. The van der Waals surface area contributed by atoms with Gasteiger partial charge < -0.3 is 15.4 Å². The molecule has 0 unspecified atom stereocenters. The molecule has 0 saturated carbocycles. The van der Waals surface area contributed by atoms with E-state index in [4.69, 9.17) is 33.7 Å². The van der Waals surface area contributed by atoms with Crippen molar-refractivity contribution in [3.63, 3.8) is 0 Å². The molecule has 110 valence electrons. The first-order valence-electron chi connectivity index (χ1n) is 6.10. The summed E-state index contributed by atoms with van der Waals surface area (Å²) in [6.07, 6.45) is 0. The Morgan fingerprint density at radius 2 is 1.95 bits per heavy atom. The predicted octanol–water partition coefficient (Wildman–Crippen LogP) is 2.60. The number of rotatable bonds is 5. The maximum atomic E-state index is 12.4. The van der Waals surface area contributed by atoms with Crippen LogP contribution in [-0.4, -0.2) is 36.5 Å². The SMILES string of the molecule is CCOC(=O)CN(CC)C(=O)c1cc(N)cc(Cl)c1Cl. The molecule has 2 N–H and O–H groups in total. The smallest absolute Gasteiger partial charge is 0.325 e. The van der Waals surface area contributed by atoms with Crippen LogP contribution in [0.3, 0.4) is 0 Å². The highest BCUT2D eigenvalue weighted by Crippen LogP contribution is 2.29. The highest BCUT2D eigenvalue weighted by molar-refractivity contribution is 6.44. The molecular weight excluding hydrogens is 303 g/mol. The minimum Gasteiger partial charge on any atom is -0.465 e. The van der Waals surface area contributed by atoms with Gasteiger partial charge in [0.25, 0.3) is 5.91 Å². The van der Waals surface area contributed by atoms with Crippen LogP contribution in [0.25, 0.3) is 0 Å². The van der Waals surface area contributed by atoms with Crippen molar-refractivity contribution in [2.75, 3.05) is 25.4 Å². The molecule has 1 aromatic carbocycles. The molecule has 0 saturated heterocycles. The summed E-state index contributed by atoms with van der Waals surface area (Å²) in [5, 5.41) is 0.315. The maximum absolute atomic E-state index is 12.4. The molecule has 5 nitrogen and oxygen atoms in total. The Bertz CT molecular complexity index is 521. The van der Waals surface area contributed by atoms with Gasteiger partial charge >= 0.3 is 5.97 Å². The summed E-state index contributed by atoms with van der Waals surface area (Å²) in [5.74, 6) is -0.895. The van der Waals surface area contributed by atoms with Gasteiger partial charge in [0, 0.05) is 12.2 Å². The van der Waals surface area contributed by atoms with Crippen molar-refractivity contribution < 1.29 is 14.3 Å². The Balaban J connectivity index is 3.00. The van der Waals surface area contributed by atoms with E-state index in [2.05, 4.69) is 0 Å². The van der Waals surface area contributed by atoms with Gasteiger partial charge in [-0.1, -0.05) is 23.2 Å². The zero-order valence-electron chi connectivity index (χ0n) is 11.3. The van der Waals surface area contributed by atoms with Crippen molar-refractivity contribution in [1.82, 2.24) is 4.90 Å². The predicted molar refractivity (Wildman–Crippen MR) is 79.1 cm³/mol. The highest BCUT2D eigenvalue weighted by atomic mass is 35.5. The van der Waals surface area contributed by atoms with Crippen molar-refractivity contribution in [3.8, 4) is 0 Å². The molecule has 0 bridgehead atoms. The number of benzene rings is 1. The molecule has 1 aromatic rings. The van der Waals surface area contributed by atoms with E-state index in [9.17, 15) is 9.59 Å². The minimum atomic E-state index is -0.478. The maximum Gasteiger partial charge on any atom is 0.325 e. The Labute approximate surface area is 127 Å². The average Bonchev–Trinajstić information content (AvgIpc) is 2.39. The Hall–Kier alpha value is -1.46. The molecule has 1 amide bonds. The van der Waals surface area contributed by atoms with Crippen LogP contribution in [0.15, 0.2) is 12.1 Å². The van der Waals surface area contributed by atoms with Gasteiger partial charge in [-0.25, -0.2) is 0 Å². The van der Waals surface area contributed by atoms with E-state index in [1.165, 1.54) is 17.0 Å². The second-order valence-corrected chi connectivity index (χ2v) is 4.77. The van der Waals surface area contributed by atoms with Crippen LogP contribution in [-0.2, 0) is 9.53 Å². The lowest BCUT2D eigenvalue weighted by Gasteiger charge is -2.20. The first-order chi connectivity index (χ1) is 9.40. The Morgan fingerprint density at radius 1 is 1.30 bits per heavy atom. The third kappa shape index (κ3) is 4.02. The molecule has 0 heterocycles. The molecular formula is C13H16Cl2N2O3. The first kappa shape index (κ1) is 16.6. The molecule has 0 aliphatic carbocycles. The minimum absolute atomic E-state index is 0.119. The van der Waals surface area contributed by atoms with Gasteiger partial charge in [0.15, 0.2) is 0 Å². The van der Waals surface area contributed by atoms with Crippen LogP contribution in [0, 0.1) is 0 Å². The number of hydrogen-bond donors (Lipinski definition) is 1. The summed E-state index contributed by atoms with van der Waals surface area (Å²) in [7, 11) is 0. The number of esters is 1. The van der Waals surface area contributed by atoms with Crippen molar-refractivity contribution in [1.29, 1.82) is 0 Å². The second-order valence-electron chi connectivity index (χ2n) is 3.99. The van der Waals surface area contributed by atoms with E-state index >= 15 is 0 Å². The molecule has 0 aliphatic rings. The van der Waals surface area contributed by atoms with Gasteiger partial charge in [-0.15, -0.1) is 0 Å². The number of amides is 1. The number of hydrogen-bond acceptors (Lipinski definition) is 4. The molecule has 0 spiro atoms. The average molecular weight is 319 g/mol. The molecule has 0 radical (unpaired) electrons. The summed E-state index contributed by atoms with van der Waals surface area (Å²) < 4.78 is 4.82. The fraction of sp³-hybridized carbons (Fsp3) is 0.385. The number of nitrogen functional groups attached to an aromatic ring is 1. The largest absolute Gasteiger partial charge is 0.465 e. The monoisotopic (exact) mass is 318 g/mol. The van der Waals surface area contributed by atoms with Crippen molar-refractivity contribution in [2.24, 2.45) is 0 Å². The Morgan fingerprint density at radius 3 is 2.50 bits per heavy atom. The standard InChI is InChI=1S/C13H16Cl2N2O3/c1-3-17(7-11(18)20-4-2)13(19)9-5-8(16)6-10(14)12(9)15/h5-6H,3-4,7,16H2,1-2H3. The number of likely N-dealkylation sites (N-methyl/N-ethyl adjacent to an activating group) is 1.